The smallest absolute Gasteiger partial charge is 0.524 e. The van der Waals surface area contributed by atoms with Crippen molar-refractivity contribution < 1.29 is 9.31 Å². The minimum atomic E-state index is -2.97. The molecule has 55 heavy (non-hydrogen) atoms. The number of nitrogens with zero attached hydrogens (tertiary/aromatic N) is 2. The molecule has 0 fully saturated rings. The summed E-state index contributed by atoms with van der Waals surface area (Å²) < 4.78 is 13.3. The number of hydrogen-bond acceptors (Lipinski definition) is 4. The maximum absolute atomic E-state index is 6.65. The molecule has 0 saturated carbocycles. The molecule has 0 atom stereocenters. The number of benzene rings is 8. The normalized spacial score (nSPS) is 14.0. The standard InChI is InChI=1S/C48H32B2N2O2Si/c1-3-15-33(16-4-1)55(34-17-5-2-6-18-34,35-27-29-43-39(31-35)37-19-7-9-21-41(37)49-51(43)45-23-11-13-25-47(45)53-49)36-28-30-44-40(32-36)38-20-8-10-22-42(38)50-52(44)46-24-12-14-26-48(46)54-50/h1-32H. The zero-order valence-electron chi connectivity index (χ0n) is 29.8. The lowest BCUT2D eigenvalue weighted by atomic mass is 9.65. The second kappa shape index (κ2) is 11.7. The molecule has 4 aliphatic rings. The first-order valence-corrected chi connectivity index (χ1v) is 21.0. The van der Waals surface area contributed by atoms with E-state index in [1.165, 1.54) is 65.3 Å². The summed E-state index contributed by atoms with van der Waals surface area (Å²) in [6.45, 7) is 0. The average molecular weight is 719 g/mol. The van der Waals surface area contributed by atoms with E-state index >= 15 is 0 Å². The van der Waals surface area contributed by atoms with Gasteiger partial charge in [-0.3, -0.25) is 0 Å². The summed E-state index contributed by atoms with van der Waals surface area (Å²) in [5.41, 5.74) is 11.8. The van der Waals surface area contributed by atoms with Gasteiger partial charge in [-0.1, -0.05) is 158 Å². The average Bonchev–Trinajstić information content (AvgIpc) is 3.85. The van der Waals surface area contributed by atoms with Crippen molar-refractivity contribution in [1.29, 1.82) is 0 Å². The van der Waals surface area contributed by atoms with E-state index in [1.54, 1.807) is 0 Å². The minimum Gasteiger partial charge on any atom is -0.536 e. The lowest BCUT2D eigenvalue weighted by molar-refractivity contribution is 0.603. The SMILES string of the molecule is c1ccc([Si](c2ccccc2)(c2ccc3c(c2)-c2ccccc2B2Oc4ccccc4N23)c2ccc3c(c2)-c2ccccc2B2Oc4ccccc4N23)cc1. The van der Waals surface area contributed by atoms with Crippen molar-refractivity contribution in [2.24, 2.45) is 0 Å². The zero-order valence-corrected chi connectivity index (χ0v) is 30.8. The van der Waals surface area contributed by atoms with E-state index in [4.69, 9.17) is 9.31 Å². The van der Waals surface area contributed by atoms with Crippen LogP contribution in [0.2, 0.25) is 0 Å². The van der Waals surface area contributed by atoms with Gasteiger partial charge in [0, 0.05) is 22.5 Å². The summed E-state index contributed by atoms with van der Waals surface area (Å²) in [5, 5.41) is 5.36. The summed E-state index contributed by atoms with van der Waals surface area (Å²) in [5.74, 6) is 1.83. The summed E-state index contributed by atoms with van der Waals surface area (Å²) in [4.78, 5) is 4.76. The van der Waals surface area contributed by atoms with E-state index in [1.807, 2.05) is 0 Å². The minimum absolute atomic E-state index is 0.207. The van der Waals surface area contributed by atoms with Gasteiger partial charge in [0.25, 0.3) is 0 Å². The monoisotopic (exact) mass is 718 g/mol. The molecule has 0 amide bonds. The Morgan fingerprint density at radius 3 is 1.20 bits per heavy atom. The molecule has 0 saturated heterocycles. The Bertz CT molecular complexity index is 2640. The molecular formula is C48H32B2N2O2Si. The van der Waals surface area contributed by atoms with Crippen LogP contribution < -0.4 is 50.6 Å². The van der Waals surface area contributed by atoms with Crippen LogP contribution in [0.1, 0.15) is 0 Å². The van der Waals surface area contributed by atoms with Gasteiger partial charge in [0.05, 0.1) is 11.4 Å². The highest BCUT2D eigenvalue weighted by atomic mass is 28.3. The first-order valence-electron chi connectivity index (χ1n) is 19.0. The van der Waals surface area contributed by atoms with Crippen molar-refractivity contribution in [2.75, 3.05) is 9.62 Å². The topological polar surface area (TPSA) is 24.9 Å². The molecule has 0 radical (unpaired) electrons. The van der Waals surface area contributed by atoms with E-state index in [-0.39, 0.29) is 14.1 Å². The van der Waals surface area contributed by atoms with Crippen LogP contribution >= 0.6 is 0 Å². The van der Waals surface area contributed by atoms with E-state index in [0.29, 0.717) is 0 Å². The number of rotatable bonds is 4. The first-order chi connectivity index (χ1) is 27.3. The summed E-state index contributed by atoms with van der Waals surface area (Å²) in [7, 11) is -3.39. The van der Waals surface area contributed by atoms with Crippen LogP contribution in [0.25, 0.3) is 22.3 Å². The van der Waals surface area contributed by atoms with Crippen molar-refractivity contribution in [2.45, 2.75) is 0 Å². The highest BCUT2D eigenvalue weighted by molar-refractivity contribution is 7.20. The Morgan fingerprint density at radius 2 is 0.727 bits per heavy atom. The quantitative estimate of drug-likeness (QED) is 0.147. The number of anilines is 4. The van der Waals surface area contributed by atoms with Crippen molar-refractivity contribution in [3.05, 3.63) is 194 Å². The van der Waals surface area contributed by atoms with Gasteiger partial charge in [-0.05, 0) is 79.2 Å². The maximum Gasteiger partial charge on any atom is 0.524 e. The fourth-order valence-corrected chi connectivity index (χ4v) is 14.5. The van der Waals surface area contributed by atoms with Crippen molar-refractivity contribution in [1.82, 2.24) is 0 Å². The van der Waals surface area contributed by atoms with Crippen LogP contribution in [0.3, 0.4) is 0 Å². The molecule has 7 heteroatoms. The van der Waals surface area contributed by atoms with Gasteiger partial charge in [-0.2, -0.15) is 0 Å². The predicted octanol–water partition coefficient (Wildman–Crippen LogP) is 6.88. The molecule has 8 aromatic rings. The van der Waals surface area contributed by atoms with Gasteiger partial charge in [0.1, 0.15) is 11.5 Å². The fraction of sp³-hybridized carbons (Fsp3) is 0. The van der Waals surface area contributed by atoms with Crippen molar-refractivity contribution in [3.63, 3.8) is 0 Å². The molecule has 4 nitrogen and oxygen atoms in total. The Morgan fingerprint density at radius 1 is 0.327 bits per heavy atom. The Kier molecular flexibility index (Phi) is 6.51. The van der Waals surface area contributed by atoms with E-state index in [0.717, 1.165) is 22.9 Å². The molecule has 0 N–H and O–H groups in total. The van der Waals surface area contributed by atoms with Gasteiger partial charge < -0.3 is 18.9 Å². The van der Waals surface area contributed by atoms with Gasteiger partial charge in [0.2, 0.25) is 0 Å². The lowest BCUT2D eigenvalue weighted by Gasteiger charge is -2.38. The Labute approximate surface area is 322 Å². The van der Waals surface area contributed by atoms with E-state index in [9.17, 15) is 0 Å². The Balaban J connectivity index is 1.14. The number of hydrogen-bond donors (Lipinski definition) is 0. The molecule has 4 aliphatic heterocycles. The predicted molar refractivity (Wildman–Crippen MR) is 230 cm³/mol. The zero-order chi connectivity index (χ0) is 36.1. The fourth-order valence-electron chi connectivity index (χ4n) is 9.71. The molecular weight excluding hydrogens is 686 g/mol. The molecule has 256 valence electrons. The molecule has 0 aliphatic carbocycles. The second-order valence-corrected chi connectivity index (χ2v) is 18.5. The first kappa shape index (κ1) is 30.7. The summed E-state index contributed by atoms with van der Waals surface area (Å²) in [6, 6.07) is 71.4. The van der Waals surface area contributed by atoms with Gasteiger partial charge >= 0.3 is 14.1 Å². The van der Waals surface area contributed by atoms with E-state index < -0.39 is 8.07 Å². The van der Waals surface area contributed by atoms with Gasteiger partial charge in [0.15, 0.2) is 8.07 Å². The summed E-state index contributed by atoms with van der Waals surface area (Å²) >= 11 is 0. The molecule has 0 unspecified atom stereocenters. The van der Waals surface area contributed by atoms with Crippen molar-refractivity contribution >= 4 is 76.6 Å². The third-order valence-corrected chi connectivity index (χ3v) is 16.8. The van der Waals surface area contributed by atoms with Crippen LogP contribution in [-0.4, -0.2) is 22.2 Å². The highest BCUT2D eigenvalue weighted by Crippen LogP contribution is 2.48. The molecule has 0 bridgehead atoms. The molecule has 8 aromatic carbocycles. The molecule has 4 heterocycles. The number of para-hydroxylation sites is 4. The largest absolute Gasteiger partial charge is 0.536 e. The lowest BCUT2D eigenvalue weighted by Crippen LogP contribution is -2.74. The molecule has 12 rings (SSSR count). The van der Waals surface area contributed by atoms with Gasteiger partial charge in [-0.25, -0.2) is 0 Å². The Hall–Kier alpha value is -6.69. The summed E-state index contributed by atoms with van der Waals surface area (Å²) in [6.07, 6.45) is 0. The van der Waals surface area contributed by atoms with Gasteiger partial charge in [-0.15, -0.1) is 0 Å². The third kappa shape index (κ3) is 4.24. The van der Waals surface area contributed by atoms with Crippen LogP contribution in [0, 0.1) is 0 Å². The second-order valence-electron chi connectivity index (χ2n) is 14.7. The van der Waals surface area contributed by atoms with Crippen LogP contribution in [-0.2, 0) is 0 Å². The van der Waals surface area contributed by atoms with Crippen molar-refractivity contribution in [3.8, 4) is 33.8 Å². The van der Waals surface area contributed by atoms with Crippen LogP contribution in [0.4, 0.5) is 22.7 Å². The van der Waals surface area contributed by atoms with Crippen LogP contribution in [0.5, 0.6) is 11.5 Å². The maximum atomic E-state index is 6.65. The highest BCUT2D eigenvalue weighted by Gasteiger charge is 2.49. The number of fused-ring (bicyclic) bond motifs is 16. The molecule has 0 aromatic heterocycles. The van der Waals surface area contributed by atoms with E-state index in [2.05, 4.69) is 204 Å². The van der Waals surface area contributed by atoms with Crippen LogP contribution in [0.15, 0.2) is 194 Å². The third-order valence-electron chi connectivity index (χ3n) is 12.0. The molecule has 0 spiro atoms.